The van der Waals surface area contributed by atoms with Gasteiger partial charge in [0, 0.05) is 29.3 Å². The minimum Gasteiger partial charge on any atom is -0.457 e. The highest BCUT2D eigenvalue weighted by Crippen LogP contribution is 2.24. The summed E-state index contributed by atoms with van der Waals surface area (Å²) in [7, 11) is 0. The Hall–Kier alpha value is -4.20. The van der Waals surface area contributed by atoms with Gasteiger partial charge in [0.05, 0.1) is 11.6 Å². The predicted molar refractivity (Wildman–Crippen MR) is 124 cm³/mol. The van der Waals surface area contributed by atoms with Crippen LogP contribution in [0, 0.1) is 0 Å². The lowest BCUT2D eigenvalue weighted by Crippen LogP contribution is -2.41. The molecule has 8 nitrogen and oxygen atoms in total. The van der Waals surface area contributed by atoms with Gasteiger partial charge in [0.15, 0.2) is 0 Å². The molecule has 4 rings (SSSR count). The average Bonchev–Trinajstić information content (AvgIpc) is 3.27. The fourth-order valence-electron chi connectivity index (χ4n) is 3.70. The van der Waals surface area contributed by atoms with E-state index in [1.807, 2.05) is 18.2 Å². The van der Waals surface area contributed by atoms with Gasteiger partial charge in [-0.25, -0.2) is 9.59 Å². The van der Waals surface area contributed by atoms with Crippen LogP contribution in [-0.4, -0.2) is 35.0 Å². The maximum Gasteiger partial charge on any atom is 0.338 e. The number of aromatic nitrogens is 1. The van der Waals surface area contributed by atoms with E-state index < -0.39 is 12.1 Å². The van der Waals surface area contributed by atoms with E-state index in [1.165, 1.54) is 0 Å². The Kier molecular flexibility index (Phi) is 6.94. The van der Waals surface area contributed by atoms with Crippen molar-refractivity contribution in [2.45, 2.75) is 31.4 Å². The van der Waals surface area contributed by atoms with Crippen molar-refractivity contribution < 1.29 is 19.1 Å². The van der Waals surface area contributed by atoms with Crippen molar-refractivity contribution in [1.82, 2.24) is 10.3 Å². The molecule has 3 N–H and O–H groups in total. The lowest BCUT2D eigenvalue weighted by molar-refractivity contribution is 0.0250. The third-order valence-electron chi connectivity index (χ3n) is 5.38. The van der Waals surface area contributed by atoms with E-state index in [2.05, 4.69) is 20.9 Å². The number of rotatable bonds is 6. The Balaban J connectivity index is 1.30. The zero-order valence-electron chi connectivity index (χ0n) is 17.9. The van der Waals surface area contributed by atoms with Gasteiger partial charge in [-0.05, 0) is 67.8 Å². The highest BCUT2D eigenvalue weighted by Gasteiger charge is 2.32. The summed E-state index contributed by atoms with van der Waals surface area (Å²) in [6.45, 7) is 0. The van der Waals surface area contributed by atoms with E-state index in [0.717, 1.165) is 12.8 Å². The molecule has 1 saturated carbocycles. The summed E-state index contributed by atoms with van der Waals surface area (Å²) >= 11 is 0. The monoisotopic (exact) mass is 444 g/mol. The molecule has 0 saturated heterocycles. The quantitative estimate of drug-likeness (QED) is 0.493. The normalized spacial score (nSPS) is 17.1. The van der Waals surface area contributed by atoms with Crippen LogP contribution in [0.5, 0.6) is 0 Å². The summed E-state index contributed by atoms with van der Waals surface area (Å²) in [6.07, 6.45) is 5.02. The Labute approximate surface area is 191 Å². The number of hydrogen-bond donors (Lipinski definition) is 3. The SMILES string of the molecule is O=C(Nc1ccccc1)Nc1ccc(C(=O)O[C@@H]2CCC[C@H]2NC(=O)c2ccncc2)cc1. The molecule has 33 heavy (non-hydrogen) atoms. The van der Waals surface area contributed by atoms with Crippen LogP contribution in [0.25, 0.3) is 0 Å². The first kappa shape index (κ1) is 22.0. The van der Waals surface area contributed by atoms with Crippen molar-refractivity contribution in [2.75, 3.05) is 10.6 Å². The van der Waals surface area contributed by atoms with Crippen molar-refractivity contribution in [3.8, 4) is 0 Å². The number of carbonyl (C=O) groups is 3. The summed E-state index contributed by atoms with van der Waals surface area (Å²) in [5.74, 6) is -0.681. The Morgan fingerprint density at radius 3 is 2.15 bits per heavy atom. The number of carbonyl (C=O) groups excluding carboxylic acids is 3. The van der Waals surface area contributed by atoms with Crippen molar-refractivity contribution in [3.63, 3.8) is 0 Å². The molecule has 2 aromatic carbocycles. The topological polar surface area (TPSA) is 109 Å². The number of amides is 3. The first-order valence-corrected chi connectivity index (χ1v) is 10.7. The standard InChI is InChI=1S/C25H24N4O4/c30-23(17-13-15-26-16-14-17)29-21-7-4-8-22(21)33-24(31)18-9-11-20(12-10-18)28-25(32)27-19-5-2-1-3-6-19/h1-3,5-6,9-16,21-22H,4,7-8H2,(H,29,30)(H2,27,28,32)/t21-,22-/m1/s1. The zero-order chi connectivity index (χ0) is 23.0. The summed E-state index contributed by atoms with van der Waals surface area (Å²) in [5.41, 5.74) is 2.11. The average molecular weight is 444 g/mol. The number of pyridine rings is 1. The van der Waals surface area contributed by atoms with E-state index >= 15 is 0 Å². The second-order valence-electron chi connectivity index (χ2n) is 7.71. The van der Waals surface area contributed by atoms with E-state index in [-0.39, 0.29) is 18.0 Å². The van der Waals surface area contributed by atoms with Gasteiger partial charge in [-0.15, -0.1) is 0 Å². The molecular formula is C25H24N4O4. The van der Waals surface area contributed by atoms with Crippen LogP contribution in [-0.2, 0) is 4.74 Å². The molecule has 1 aliphatic rings. The van der Waals surface area contributed by atoms with Crippen molar-refractivity contribution in [2.24, 2.45) is 0 Å². The van der Waals surface area contributed by atoms with Crippen LogP contribution < -0.4 is 16.0 Å². The third kappa shape index (κ3) is 5.94. The fraction of sp³-hybridized carbons (Fsp3) is 0.200. The molecule has 3 amide bonds. The van der Waals surface area contributed by atoms with Crippen LogP contribution in [0.4, 0.5) is 16.2 Å². The van der Waals surface area contributed by atoms with Crippen LogP contribution in [0.15, 0.2) is 79.1 Å². The number of nitrogens with one attached hydrogen (secondary N) is 3. The molecule has 0 unspecified atom stereocenters. The Morgan fingerprint density at radius 2 is 1.45 bits per heavy atom. The van der Waals surface area contributed by atoms with Gasteiger partial charge in [-0.2, -0.15) is 0 Å². The second kappa shape index (κ2) is 10.4. The van der Waals surface area contributed by atoms with E-state index in [0.29, 0.717) is 28.9 Å². The highest BCUT2D eigenvalue weighted by atomic mass is 16.5. The summed E-state index contributed by atoms with van der Waals surface area (Å²) in [6, 6.07) is 18.2. The van der Waals surface area contributed by atoms with Gasteiger partial charge in [-0.3, -0.25) is 9.78 Å². The maximum absolute atomic E-state index is 12.6. The molecular weight excluding hydrogens is 420 g/mol. The lowest BCUT2D eigenvalue weighted by atomic mass is 10.1. The predicted octanol–water partition coefficient (Wildman–Crippen LogP) is 4.23. The largest absolute Gasteiger partial charge is 0.457 e. The van der Waals surface area contributed by atoms with E-state index in [1.54, 1.807) is 60.9 Å². The molecule has 1 aromatic heterocycles. The molecule has 2 atom stereocenters. The van der Waals surface area contributed by atoms with Crippen molar-refractivity contribution >= 4 is 29.3 Å². The van der Waals surface area contributed by atoms with Gasteiger partial charge in [0.2, 0.25) is 0 Å². The van der Waals surface area contributed by atoms with Crippen LogP contribution >= 0.6 is 0 Å². The first-order valence-electron chi connectivity index (χ1n) is 10.7. The minimum absolute atomic E-state index is 0.213. The number of benzene rings is 2. The lowest BCUT2D eigenvalue weighted by Gasteiger charge is -2.21. The summed E-state index contributed by atoms with van der Waals surface area (Å²) < 4.78 is 5.68. The van der Waals surface area contributed by atoms with E-state index in [9.17, 15) is 14.4 Å². The molecule has 0 radical (unpaired) electrons. The molecule has 0 bridgehead atoms. The van der Waals surface area contributed by atoms with Gasteiger partial charge in [-0.1, -0.05) is 18.2 Å². The van der Waals surface area contributed by atoms with Gasteiger partial charge >= 0.3 is 12.0 Å². The molecule has 0 aliphatic heterocycles. The molecule has 1 fully saturated rings. The summed E-state index contributed by atoms with van der Waals surface area (Å²) in [5, 5.41) is 8.40. The smallest absolute Gasteiger partial charge is 0.338 e. The Morgan fingerprint density at radius 1 is 0.788 bits per heavy atom. The van der Waals surface area contributed by atoms with Gasteiger partial charge in [0.1, 0.15) is 6.10 Å². The van der Waals surface area contributed by atoms with Crippen LogP contribution in [0.3, 0.4) is 0 Å². The molecule has 3 aromatic rings. The fourth-order valence-corrected chi connectivity index (χ4v) is 3.70. The molecule has 168 valence electrons. The molecule has 1 aliphatic carbocycles. The van der Waals surface area contributed by atoms with Crippen LogP contribution in [0.1, 0.15) is 40.0 Å². The number of para-hydroxylation sites is 1. The number of nitrogens with zero attached hydrogens (tertiary/aromatic N) is 1. The molecule has 0 spiro atoms. The molecule has 1 heterocycles. The number of anilines is 2. The Bertz CT molecular complexity index is 1100. The number of esters is 1. The van der Waals surface area contributed by atoms with Crippen molar-refractivity contribution in [1.29, 1.82) is 0 Å². The van der Waals surface area contributed by atoms with Crippen LogP contribution in [0.2, 0.25) is 0 Å². The number of hydrogen-bond acceptors (Lipinski definition) is 5. The molecule has 8 heteroatoms. The maximum atomic E-state index is 12.6. The third-order valence-corrected chi connectivity index (χ3v) is 5.38. The van der Waals surface area contributed by atoms with E-state index in [4.69, 9.17) is 4.74 Å². The second-order valence-corrected chi connectivity index (χ2v) is 7.71. The first-order chi connectivity index (χ1) is 16.1. The number of ether oxygens (including phenoxy) is 1. The minimum atomic E-state index is -0.467. The van der Waals surface area contributed by atoms with Gasteiger partial charge < -0.3 is 20.7 Å². The zero-order valence-corrected chi connectivity index (χ0v) is 17.9. The van der Waals surface area contributed by atoms with Crippen molar-refractivity contribution in [3.05, 3.63) is 90.3 Å². The van der Waals surface area contributed by atoms with Gasteiger partial charge in [0.25, 0.3) is 5.91 Å². The highest BCUT2D eigenvalue weighted by molar-refractivity contribution is 6.00. The summed E-state index contributed by atoms with van der Waals surface area (Å²) in [4.78, 5) is 41.1. The number of urea groups is 1.